The van der Waals surface area contributed by atoms with Gasteiger partial charge in [-0.25, -0.2) is 0 Å². The Morgan fingerprint density at radius 2 is 1.94 bits per heavy atom. The summed E-state index contributed by atoms with van der Waals surface area (Å²) in [4.78, 5) is 2.89. The Hall–Kier alpha value is -0.0800. The van der Waals surface area contributed by atoms with E-state index in [4.69, 9.17) is 0 Å². The van der Waals surface area contributed by atoms with Crippen LogP contribution in [0.1, 0.15) is 59.3 Å². The zero-order valence-corrected chi connectivity index (χ0v) is 12.4. The average Bonchev–Trinajstić information content (AvgIpc) is 2.92. The van der Waals surface area contributed by atoms with Crippen LogP contribution in [0.4, 0.5) is 0 Å². The normalized spacial score (nSPS) is 39.7. The number of rotatable bonds is 4. The van der Waals surface area contributed by atoms with Gasteiger partial charge in [0.15, 0.2) is 0 Å². The molecule has 0 aromatic rings. The van der Waals surface area contributed by atoms with Crippen molar-refractivity contribution in [3.63, 3.8) is 0 Å². The highest BCUT2D eigenvalue weighted by Gasteiger charge is 2.44. The van der Waals surface area contributed by atoms with E-state index < -0.39 is 0 Å². The van der Waals surface area contributed by atoms with Crippen LogP contribution in [0.25, 0.3) is 0 Å². The van der Waals surface area contributed by atoms with Crippen molar-refractivity contribution in [1.29, 1.82) is 0 Å². The molecule has 1 saturated heterocycles. The van der Waals surface area contributed by atoms with Gasteiger partial charge in [-0.1, -0.05) is 20.8 Å². The highest BCUT2D eigenvalue weighted by atomic mass is 15.2. The summed E-state index contributed by atoms with van der Waals surface area (Å²) >= 11 is 0. The third-order valence-corrected chi connectivity index (χ3v) is 5.33. The summed E-state index contributed by atoms with van der Waals surface area (Å²) < 4.78 is 0. The maximum atomic E-state index is 3.69. The Bertz CT molecular complexity index is 289. The van der Waals surface area contributed by atoms with Crippen LogP contribution in [0.2, 0.25) is 0 Å². The van der Waals surface area contributed by atoms with Crippen molar-refractivity contribution in [3.8, 4) is 0 Å². The Morgan fingerprint density at radius 3 is 2.44 bits per heavy atom. The van der Waals surface area contributed by atoms with Gasteiger partial charge in [-0.3, -0.25) is 4.90 Å². The molecule has 1 N–H and O–H groups in total. The Morgan fingerprint density at radius 1 is 1.17 bits per heavy atom. The Labute approximate surface area is 113 Å². The zero-order valence-electron chi connectivity index (χ0n) is 12.4. The second-order valence-electron chi connectivity index (χ2n) is 7.84. The molecule has 2 saturated carbocycles. The SMILES string of the molecule is CC1CC(C)(C)CC1N(CC1CCCN1)C1CC1. The molecule has 3 atom stereocenters. The fourth-order valence-electron chi connectivity index (χ4n) is 4.43. The Balaban J connectivity index is 1.65. The van der Waals surface area contributed by atoms with Crippen LogP contribution in [-0.2, 0) is 0 Å². The summed E-state index contributed by atoms with van der Waals surface area (Å²) in [6, 6.07) is 2.56. The molecule has 104 valence electrons. The summed E-state index contributed by atoms with van der Waals surface area (Å²) in [6.07, 6.45) is 8.52. The van der Waals surface area contributed by atoms with Gasteiger partial charge in [0.1, 0.15) is 0 Å². The summed E-state index contributed by atoms with van der Waals surface area (Å²) in [6.45, 7) is 9.96. The highest BCUT2D eigenvalue weighted by Crippen LogP contribution is 2.46. The lowest BCUT2D eigenvalue weighted by molar-refractivity contribution is 0.139. The molecule has 0 spiro atoms. The van der Waals surface area contributed by atoms with Crippen molar-refractivity contribution in [2.24, 2.45) is 11.3 Å². The first-order chi connectivity index (χ1) is 8.55. The van der Waals surface area contributed by atoms with Gasteiger partial charge in [-0.2, -0.15) is 0 Å². The van der Waals surface area contributed by atoms with Crippen LogP contribution in [0.3, 0.4) is 0 Å². The fourth-order valence-corrected chi connectivity index (χ4v) is 4.43. The highest BCUT2D eigenvalue weighted by molar-refractivity contribution is 4.99. The van der Waals surface area contributed by atoms with E-state index in [-0.39, 0.29) is 0 Å². The molecular weight excluding hydrogens is 220 g/mol. The first-order valence-corrected chi connectivity index (χ1v) is 8.04. The first kappa shape index (κ1) is 12.9. The molecule has 2 heteroatoms. The average molecular weight is 250 g/mol. The van der Waals surface area contributed by atoms with Crippen molar-refractivity contribution in [3.05, 3.63) is 0 Å². The minimum atomic E-state index is 0.570. The monoisotopic (exact) mass is 250 g/mol. The quantitative estimate of drug-likeness (QED) is 0.825. The number of hydrogen-bond donors (Lipinski definition) is 1. The number of hydrogen-bond acceptors (Lipinski definition) is 2. The van der Waals surface area contributed by atoms with Crippen LogP contribution >= 0.6 is 0 Å². The van der Waals surface area contributed by atoms with Gasteiger partial charge >= 0.3 is 0 Å². The van der Waals surface area contributed by atoms with E-state index in [9.17, 15) is 0 Å². The molecular formula is C16H30N2. The van der Waals surface area contributed by atoms with Crippen LogP contribution in [0.5, 0.6) is 0 Å². The van der Waals surface area contributed by atoms with Gasteiger partial charge in [-0.15, -0.1) is 0 Å². The first-order valence-electron chi connectivity index (χ1n) is 8.04. The number of nitrogens with one attached hydrogen (secondary N) is 1. The molecule has 1 aliphatic heterocycles. The van der Waals surface area contributed by atoms with Gasteiger partial charge < -0.3 is 5.32 Å². The van der Waals surface area contributed by atoms with Gasteiger partial charge in [0.2, 0.25) is 0 Å². The van der Waals surface area contributed by atoms with Gasteiger partial charge in [-0.05, 0) is 56.4 Å². The smallest absolute Gasteiger partial charge is 0.0195 e. The van der Waals surface area contributed by atoms with Crippen LogP contribution in [0, 0.1) is 11.3 Å². The molecule has 3 rings (SSSR count). The molecule has 0 aromatic heterocycles. The van der Waals surface area contributed by atoms with Crippen LogP contribution in [-0.4, -0.2) is 36.1 Å². The number of nitrogens with zero attached hydrogens (tertiary/aromatic N) is 1. The standard InChI is InChI=1S/C16H30N2/c1-12-9-16(2,3)10-15(12)18(14-6-7-14)11-13-5-4-8-17-13/h12-15,17H,4-11H2,1-3H3. The lowest BCUT2D eigenvalue weighted by Gasteiger charge is -2.34. The zero-order chi connectivity index (χ0) is 12.8. The van der Waals surface area contributed by atoms with Gasteiger partial charge in [0, 0.05) is 24.7 Å². The molecule has 1 heterocycles. The molecule has 0 radical (unpaired) electrons. The molecule has 2 aliphatic carbocycles. The Kier molecular flexibility index (Phi) is 3.44. The predicted octanol–water partition coefficient (Wildman–Crippen LogP) is 3.03. The van der Waals surface area contributed by atoms with E-state index in [1.807, 2.05) is 0 Å². The van der Waals surface area contributed by atoms with E-state index in [0.717, 1.165) is 24.0 Å². The van der Waals surface area contributed by atoms with Crippen LogP contribution < -0.4 is 5.32 Å². The maximum absolute atomic E-state index is 3.69. The maximum Gasteiger partial charge on any atom is 0.0195 e. The van der Waals surface area contributed by atoms with Crippen molar-refractivity contribution in [1.82, 2.24) is 10.2 Å². The summed E-state index contributed by atoms with van der Waals surface area (Å²) in [5, 5.41) is 3.69. The third-order valence-electron chi connectivity index (χ3n) is 5.33. The molecule has 0 amide bonds. The van der Waals surface area contributed by atoms with Gasteiger partial charge in [0.05, 0.1) is 0 Å². The summed E-state index contributed by atoms with van der Waals surface area (Å²) in [5.74, 6) is 0.891. The van der Waals surface area contributed by atoms with Crippen LogP contribution in [0.15, 0.2) is 0 Å². The predicted molar refractivity (Wildman–Crippen MR) is 76.7 cm³/mol. The van der Waals surface area contributed by atoms with Crippen molar-refractivity contribution in [2.45, 2.75) is 77.4 Å². The third kappa shape index (κ3) is 2.75. The summed E-state index contributed by atoms with van der Waals surface area (Å²) in [5.41, 5.74) is 0.570. The van der Waals surface area contributed by atoms with E-state index in [1.54, 1.807) is 0 Å². The topological polar surface area (TPSA) is 15.3 Å². The lowest BCUT2D eigenvalue weighted by Crippen LogP contribution is -2.46. The molecule has 3 aliphatic rings. The van der Waals surface area contributed by atoms with E-state index in [0.29, 0.717) is 5.41 Å². The molecule has 2 nitrogen and oxygen atoms in total. The minimum Gasteiger partial charge on any atom is -0.313 e. The van der Waals surface area contributed by atoms with E-state index >= 15 is 0 Å². The van der Waals surface area contributed by atoms with Crippen molar-refractivity contribution in [2.75, 3.05) is 13.1 Å². The fraction of sp³-hybridized carbons (Fsp3) is 1.00. The van der Waals surface area contributed by atoms with Crippen molar-refractivity contribution >= 4 is 0 Å². The molecule has 0 aromatic carbocycles. The second-order valence-corrected chi connectivity index (χ2v) is 7.84. The molecule has 3 fully saturated rings. The lowest BCUT2D eigenvalue weighted by atomic mass is 9.91. The van der Waals surface area contributed by atoms with Gasteiger partial charge in [0.25, 0.3) is 0 Å². The van der Waals surface area contributed by atoms with E-state index in [2.05, 4.69) is 31.0 Å². The second kappa shape index (κ2) is 4.79. The summed E-state index contributed by atoms with van der Waals surface area (Å²) in [7, 11) is 0. The van der Waals surface area contributed by atoms with E-state index in [1.165, 1.54) is 51.6 Å². The largest absolute Gasteiger partial charge is 0.313 e. The molecule has 0 bridgehead atoms. The molecule has 18 heavy (non-hydrogen) atoms. The minimum absolute atomic E-state index is 0.570. The van der Waals surface area contributed by atoms with Crippen molar-refractivity contribution < 1.29 is 0 Å². The molecule has 3 unspecified atom stereocenters.